The predicted octanol–water partition coefficient (Wildman–Crippen LogP) is 3.85. The van der Waals surface area contributed by atoms with Crippen molar-refractivity contribution < 1.29 is 17.6 Å². The van der Waals surface area contributed by atoms with Gasteiger partial charge in [-0.15, -0.1) is 0 Å². The lowest BCUT2D eigenvalue weighted by Gasteiger charge is -2.23. The minimum Gasteiger partial charge on any atom is -0.308 e. The maximum absolute atomic E-state index is 13.9. The van der Waals surface area contributed by atoms with Crippen molar-refractivity contribution in [1.82, 2.24) is 0 Å². The summed E-state index contributed by atoms with van der Waals surface area (Å²) in [5.41, 5.74) is 2.12. The van der Waals surface area contributed by atoms with E-state index in [9.17, 15) is 17.6 Å². The van der Waals surface area contributed by atoms with E-state index < -0.39 is 20.5 Å². The lowest BCUT2D eigenvalue weighted by molar-refractivity contribution is 0.0985. The number of anilines is 1. The zero-order valence-corrected chi connectivity index (χ0v) is 15.7. The Morgan fingerprint density at radius 2 is 1.81 bits per heavy atom. The highest BCUT2D eigenvalue weighted by Crippen LogP contribution is 2.32. The van der Waals surface area contributed by atoms with Crippen LogP contribution in [-0.2, 0) is 16.3 Å². The Balaban J connectivity index is 1.97. The minimum atomic E-state index is -3.75. The number of amides is 1. The molecular formula is C20H22FNO3S. The van der Waals surface area contributed by atoms with Gasteiger partial charge in [-0.05, 0) is 61.1 Å². The lowest BCUT2D eigenvalue weighted by atomic mass is 10.1. The summed E-state index contributed by atoms with van der Waals surface area (Å²) in [6.45, 7) is 2.64. The molecule has 0 bridgehead atoms. The van der Waals surface area contributed by atoms with E-state index in [1.807, 2.05) is 24.3 Å². The second-order valence-electron chi connectivity index (χ2n) is 6.80. The summed E-state index contributed by atoms with van der Waals surface area (Å²) >= 11 is 0. The SMILES string of the molecule is CCc1ccc(N(CC2CC2)C(=O)c2ccc(F)c(S(C)(=O)=O)c2)cc1. The molecule has 138 valence electrons. The van der Waals surface area contributed by atoms with E-state index in [1.54, 1.807) is 4.90 Å². The molecule has 0 atom stereocenters. The van der Waals surface area contributed by atoms with Crippen molar-refractivity contribution in [3.8, 4) is 0 Å². The van der Waals surface area contributed by atoms with Crippen molar-refractivity contribution in [2.75, 3.05) is 17.7 Å². The smallest absolute Gasteiger partial charge is 0.258 e. The van der Waals surface area contributed by atoms with Crippen molar-refractivity contribution in [2.45, 2.75) is 31.1 Å². The van der Waals surface area contributed by atoms with Crippen molar-refractivity contribution in [1.29, 1.82) is 0 Å². The second kappa shape index (κ2) is 7.19. The molecule has 2 aromatic carbocycles. The fourth-order valence-corrected chi connectivity index (χ4v) is 3.62. The van der Waals surface area contributed by atoms with E-state index in [0.717, 1.165) is 43.3 Å². The van der Waals surface area contributed by atoms with Crippen LogP contribution in [0.1, 0.15) is 35.7 Å². The molecule has 0 unspecified atom stereocenters. The first-order chi connectivity index (χ1) is 12.3. The van der Waals surface area contributed by atoms with Crippen LogP contribution in [0.25, 0.3) is 0 Å². The first-order valence-corrected chi connectivity index (χ1v) is 10.6. The zero-order valence-electron chi connectivity index (χ0n) is 14.9. The third-order valence-electron chi connectivity index (χ3n) is 4.62. The van der Waals surface area contributed by atoms with Crippen molar-refractivity contribution in [3.63, 3.8) is 0 Å². The van der Waals surface area contributed by atoms with E-state index in [4.69, 9.17) is 0 Å². The molecule has 1 aliphatic rings. The van der Waals surface area contributed by atoms with Gasteiger partial charge in [0.1, 0.15) is 10.7 Å². The topological polar surface area (TPSA) is 54.5 Å². The quantitative estimate of drug-likeness (QED) is 0.771. The van der Waals surface area contributed by atoms with E-state index in [1.165, 1.54) is 11.6 Å². The van der Waals surface area contributed by atoms with Crippen LogP contribution in [0.4, 0.5) is 10.1 Å². The number of halogens is 1. The average molecular weight is 375 g/mol. The molecule has 2 aromatic rings. The molecule has 1 amide bonds. The van der Waals surface area contributed by atoms with Crippen molar-refractivity contribution in [2.24, 2.45) is 5.92 Å². The molecule has 1 saturated carbocycles. The number of nitrogens with zero attached hydrogens (tertiary/aromatic N) is 1. The van der Waals surface area contributed by atoms with Gasteiger partial charge < -0.3 is 4.90 Å². The van der Waals surface area contributed by atoms with Gasteiger partial charge in [-0.25, -0.2) is 12.8 Å². The Morgan fingerprint density at radius 3 is 2.35 bits per heavy atom. The molecule has 0 aromatic heterocycles. The molecule has 4 nitrogen and oxygen atoms in total. The monoisotopic (exact) mass is 375 g/mol. The van der Waals surface area contributed by atoms with Gasteiger partial charge in [0.2, 0.25) is 0 Å². The summed E-state index contributed by atoms with van der Waals surface area (Å²) in [5.74, 6) is -0.698. The Bertz CT molecular complexity index is 919. The maximum atomic E-state index is 13.9. The van der Waals surface area contributed by atoms with Crippen molar-refractivity contribution in [3.05, 3.63) is 59.4 Å². The zero-order chi connectivity index (χ0) is 18.9. The van der Waals surface area contributed by atoms with Crippen molar-refractivity contribution >= 4 is 21.4 Å². The van der Waals surface area contributed by atoms with Gasteiger partial charge in [-0.1, -0.05) is 19.1 Å². The van der Waals surface area contributed by atoms with Crippen LogP contribution < -0.4 is 4.90 Å². The first-order valence-electron chi connectivity index (χ1n) is 8.70. The summed E-state index contributed by atoms with van der Waals surface area (Å²) < 4.78 is 37.4. The highest BCUT2D eigenvalue weighted by Gasteiger charge is 2.29. The van der Waals surface area contributed by atoms with E-state index >= 15 is 0 Å². The molecule has 0 heterocycles. The lowest BCUT2D eigenvalue weighted by Crippen LogP contribution is -2.33. The van der Waals surface area contributed by atoms with Crippen LogP contribution in [0.2, 0.25) is 0 Å². The average Bonchev–Trinajstić information content (AvgIpc) is 3.43. The summed E-state index contributed by atoms with van der Waals surface area (Å²) in [5, 5.41) is 0. The van der Waals surface area contributed by atoms with Gasteiger partial charge in [0.25, 0.3) is 5.91 Å². The van der Waals surface area contributed by atoms with Crippen LogP contribution in [0.15, 0.2) is 47.4 Å². The summed E-state index contributed by atoms with van der Waals surface area (Å²) in [6.07, 6.45) is 4.00. The minimum absolute atomic E-state index is 0.173. The van der Waals surface area contributed by atoms with Gasteiger partial charge in [0.15, 0.2) is 9.84 Å². The maximum Gasteiger partial charge on any atom is 0.258 e. The fourth-order valence-electron chi connectivity index (χ4n) is 2.85. The molecule has 0 saturated heterocycles. The molecule has 0 radical (unpaired) electrons. The molecule has 0 spiro atoms. The van der Waals surface area contributed by atoms with Gasteiger partial charge in [-0.3, -0.25) is 4.79 Å². The Labute approximate surface area is 153 Å². The van der Waals surface area contributed by atoms with E-state index in [2.05, 4.69) is 6.92 Å². The van der Waals surface area contributed by atoms with Crippen LogP contribution in [0.3, 0.4) is 0 Å². The highest BCUT2D eigenvalue weighted by atomic mass is 32.2. The largest absolute Gasteiger partial charge is 0.308 e. The van der Waals surface area contributed by atoms with Crippen LogP contribution >= 0.6 is 0 Å². The van der Waals surface area contributed by atoms with Crippen LogP contribution in [0.5, 0.6) is 0 Å². The van der Waals surface area contributed by atoms with Gasteiger partial charge in [0.05, 0.1) is 0 Å². The first kappa shape index (κ1) is 18.6. The number of carbonyl (C=O) groups excluding carboxylic acids is 1. The second-order valence-corrected chi connectivity index (χ2v) is 8.78. The molecule has 1 aliphatic carbocycles. The number of aryl methyl sites for hydroxylation is 1. The van der Waals surface area contributed by atoms with Crippen LogP contribution in [0, 0.1) is 11.7 Å². The van der Waals surface area contributed by atoms with E-state index in [0.29, 0.717) is 12.5 Å². The molecule has 26 heavy (non-hydrogen) atoms. The standard InChI is InChI=1S/C20H22FNO3S/c1-3-14-6-9-17(10-7-14)22(13-15-4-5-15)20(23)16-8-11-18(21)19(12-16)26(2,24)25/h6-12,15H,3-5,13H2,1-2H3. The fraction of sp³-hybridized carbons (Fsp3) is 0.350. The van der Waals surface area contributed by atoms with Crippen LogP contribution in [-0.4, -0.2) is 27.1 Å². The number of sulfone groups is 1. The molecular weight excluding hydrogens is 353 g/mol. The number of hydrogen-bond acceptors (Lipinski definition) is 3. The molecule has 3 rings (SSSR count). The normalized spacial score (nSPS) is 14.3. The van der Waals surface area contributed by atoms with Gasteiger partial charge in [0, 0.05) is 24.1 Å². The third kappa shape index (κ3) is 4.12. The summed E-state index contributed by atoms with van der Waals surface area (Å²) in [6, 6.07) is 11.3. The molecule has 0 N–H and O–H groups in total. The molecule has 0 aliphatic heterocycles. The Morgan fingerprint density at radius 1 is 1.15 bits per heavy atom. The third-order valence-corrected chi connectivity index (χ3v) is 5.73. The number of rotatable bonds is 6. The number of benzene rings is 2. The van der Waals surface area contributed by atoms with E-state index in [-0.39, 0.29) is 11.5 Å². The number of hydrogen-bond donors (Lipinski definition) is 0. The highest BCUT2D eigenvalue weighted by molar-refractivity contribution is 7.90. The van der Waals surface area contributed by atoms with Gasteiger partial charge in [-0.2, -0.15) is 0 Å². The van der Waals surface area contributed by atoms with Gasteiger partial charge >= 0.3 is 0 Å². The molecule has 1 fully saturated rings. The Kier molecular flexibility index (Phi) is 5.14. The Hall–Kier alpha value is -2.21. The summed E-state index contributed by atoms with van der Waals surface area (Å²) in [7, 11) is -3.75. The number of carbonyl (C=O) groups is 1. The molecule has 6 heteroatoms. The summed E-state index contributed by atoms with van der Waals surface area (Å²) in [4.78, 5) is 14.3. The predicted molar refractivity (Wildman–Crippen MR) is 99.7 cm³/mol.